The molecule has 7 heteroatoms. The van der Waals surface area contributed by atoms with E-state index in [9.17, 15) is 4.79 Å². The van der Waals surface area contributed by atoms with Crippen LogP contribution in [-0.2, 0) is 11.4 Å². The third-order valence-corrected chi connectivity index (χ3v) is 9.11. The van der Waals surface area contributed by atoms with Gasteiger partial charge in [-0.1, -0.05) is 29.6 Å². The number of hydrogen-bond donors (Lipinski definition) is 1. The fraction of sp³-hybridized carbons (Fsp3) is 0.375. The molecule has 208 valence electrons. The Morgan fingerprint density at radius 2 is 1.85 bits per heavy atom. The monoisotopic (exact) mass is 549 g/mol. The van der Waals surface area contributed by atoms with Crippen LogP contribution in [-0.4, -0.2) is 53.8 Å². The first-order chi connectivity index (χ1) is 18.7. The number of hydrogen-bond acceptors (Lipinski definition) is 5. The first-order valence-electron chi connectivity index (χ1n) is 13.4. The molecule has 1 aliphatic rings. The number of ether oxygens (including phenoxy) is 3. The highest BCUT2D eigenvalue weighted by Crippen LogP contribution is 2.38. The molecule has 1 aliphatic heterocycles. The van der Waals surface area contributed by atoms with E-state index in [2.05, 4.69) is 80.9 Å². The van der Waals surface area contributed by atoms with Crippen LogP contribution >= 0.6 is 10.7 Å². The Morgan fingerprint density at radius 3 is 2.54 bits per heavy atom. The van der Waals surface area contributed by atoms with Crippen molar-refractivity contribution in [3.05, 3.63) is 76.9 Å². The number of carboxylic acid groups (broad SMARTS) is 1. The van der Waals surface area contributed by atoms with Crippen LogP contribution in [0.15, 0.2) is 54.6 Å². The molecule has 0 aromatic heterocycles. The molecule has 0 radical (unpaired) electrons. The van der Waals surface area contributed by atoms with Crippen LogP contribution in [0.1, 0.15) is 47.9 Å². The Labute approximate surface area is 234 Å². The van der Waals surface area contributed by atoms with Crippen LogP contribution in [0.4, 0.5) is 0 Å². The minimum absolute atomic E-state index is 0.0707. The van der Waals surface area contributed by atoms with E-state index in [0.717, 1.165) is 34.6 Å². The molecule has 4 rings (SSSR count). The molecule has 0 saturated carbocycles. The molecule has 3 aromatic rings. The van der Waals surface area contributed by atoms with Crippen molar-refractivity contribution >= 4 is 22.0 Å². The van der Waals surface area contributed by atoms with Gasteiger partial charge in [0, 0.05) is 23.3 Å². The molecular weight excluding hydrogens is 510 g/mol. The normalized spacial score (nSPS) is 15.2. The van der Waals surface area contributed by atoms with Crippen molar-refractivity contribution in [2.24, 2.45) is 0 Å². The van der Waals surface area contributed by atoms with E-state index in [1.54, 1.807) is 0 Å². The van der Waals surface area contributed by atoms with Crippen LogP contribution in [0.5, 0.6) is 17.2 Å². The topological polar surface area (TPSA) is 68.2 Å². The van der Waals surface area contributed by atoms with E-state index in [1.807, 2.05) is 18.2 Å². The summed E-state index contributed by atoms with van der Waals surface area (Å²) >= 11 is 0. The average molecular weight is 550 g/mol. The van der Waals surface area contributed by atoms with E-state index in [4.69, 9.17) is 19.3 Å². The SMILES string of the molecule is C/C=S(/CCCOc1cc(C)c(-c2cccc(COc3ccc4c(c3)OCC4CC(=O)O)c2)c(C)c1)N(C)C. The van der Waals surface area contributed by atoms with Gasteiger partial charge in [-0.05, 0) is 93.4 Å². The number of fused-ring (bicyclic) bond motifs is 1. The van der Waals surface area contributed by atoms with Gasteiger partial charge in [0.15, 0.2) is 0 Å². The van der Waals surface area contributed by atoms with Crippen molar-refractivity contribution < 1.29 is 24.1 Å². The Morgan fingerprint density at radius 1 is 1.08 bits per heavy atom. The standard InChI is InChI=1S/C32H39NO5S/c1-6-39(33(4)5)14-8-13-36-28-15-22(2)32(23(3)16-28)25-10-7-9-24(17-25)20-37-27-11-12-29-26(18-31(34)35)21-38-30(29)19-27/h6-7,9-12,15-17,19,26H,8,13-14,18,20-21H2,1-5H3,(H,34,35). The summed E-state index contributed by atoms with van der Waals surface area (Å²) in [6.45, 7) is 7.92. The lowest BCUT2D eigenvalue weighted by atomic mass is 9.94. The van der Waals surface area contributed by atoms with Gasteiger partial charge in [-0.25, -0.2) is 0 Å². The predicted octanol–water partition coefficient (Wildman–Crippen LogP) is 6.84. The van der Waals surface area contributed by atoms with Gasteiger partial charge in [-0.2, -0.15) is 0 Å². The largest absolute Gasteiger partial charge is 0.494 e. The van der Waals surface area contributed by atoms with Crippen molar-refractivity contribution in [2.75, 3.05) is 33.1 Å². The summed E-state index contributed by atoms with van der Waals surface area (Å²) in [5.41, 5.74) is 6.74. The van der Waals surface area contributed by atoms with E-state index in [1.165, 1.54) is 16.7 Å². The van der Waals surface area contributed by atoms with Gasteiger partial charge < -0.3 is 19.3 Å². The second-order valence-electron chi connectivity index (χ2n) is 10.1. The maximum Gasteiger partial charge on any atom is 0.304 e. The molecule has 6 nitrogen and oxygen atoms in total. The number of nitrogens with zero attached hydrogens (tertiary/aromatic N) is 1. The molecule has 0 fully saturated rings. The van der Waals surface area contributed by atoms with E-state index >= 15 is 0 Å². The minimum atomic E-state index is -0.816. The summed E-state index contributed by atoms with van der Waals surface area (Å²) in [5.74, 6) is 2.52. The molecule has 1 heterocycles. The van der Waals surface area contributed by atoms with Gasteiger partial charge in [0.2, 0.25) is 0 Å². The third kappa shape index (κ3) is 7.43. The number of carboxylic acids is 1. The van der Waals surface area contributed by atoms with Crippen LogP contribution in [0.3, 0.4) is 0 Å². The summed E-state index contributed by atoms with van der Waals surface area (Å²) in [7, 11) is 4.44. The average Bonchev–Trinajstić information content (AvgIpc) is 3.28. The molecule has 39 heavy (non-hydrogen) atoms. The molecule has 0 saturated heterocycles. The number of aryl methyl sites for hydroxylation is 2. The zero-order valence-electron chi connectivity index (χ0n) is 23.5. The van der Waals surface area contributed by atoms with Crippen molar-refractivity contribution in [2.45, 2.75) is 46.1 Å². The molecule has 2 unspecified atom stereocenters. The molecule has 2 atom stereocenters. The zero-order chi connectivity index (χ0) is 27.9. The van der Waals surface area contributed by atoms with E-state index < -0.39 is 5.97 Å². The smallest absolute Gasteiger partial charge is 0.304 e. The van der Waals surface area contributed by atoms with Gasteiger partial charge in [-0.15, -0.1) is 10.7 Å². The van der Waals surface area contributed by atoms with Gasteiger partial charge in [0.05, 0.1) is 19.6 Å². The highest BCUT2D eigenvalue weighted by atomic mass is 32.2. The number of rotatable bonds is 12. The third-order valence-electron chi connectivity index (χ3n) is 6.92. The van der Waals surface area contributed by atoms with Crippen LogP contribution in [0, 0.1) is 13.8 Å². The molecule has 0 spiro atoms. The lowest BCUT2D eigenvalue weighted by Gasteiger charge is -2.17. The predicted molar refractivity (Wildman–Crippen MR) is 161 cm³/mol. The maximum absolute atomic E-state index is 11.1. The highest BCUT2D eigenvalue weighted by Gasteiger charge is 2.26. The fourth-order valence-electron chi connectivity index (χ4n) is 5.08. The Balaban J connectivity index is 1.39. The number of carbonyl (C=O) groups is 1. The van der Waals surface area contributed by atoms with E-state index in [0.29, 0.717) is 31.3 Å². The summed E-state index contributed by atoms with van der Waals surface area (Å²) in [6, 6.07) is 18.4. The molecule has 0 bridgehead atoms. The molecule has 0 aliphatic carbocycles. The quantitative estimate of drug-likeness (QED) is 0.197. The van der Waals surface area contributed by atoms with Crippen molar-refractivity contribution in [1.29, 1.82) is 0 Å². The highest BCUT2D eigenvalue weighted by molar-refractivity contribution is 8.12. The lowest BCUT2D eigenvalue weighted by Crippen LogP contribution is -2.09. The first kappa shape index (κ1) is 28.7. The van der Waals surface area contributed by atoms with E-state index in [-0.39, 0.29) is 23.0 Å². The Hall–Kier alpha value is -3.29. The van der Waals surface area contributed by atoms with Crippen LogP contribution < -0.4 is 14.2 Å². The first-order valence-corrected chi connectivity index (χ1v) is 14.8. The minimum Gasteiger partial charge on any atom is -0.494 e. The zero-order valence-corrected chi connectivity index (χ0v) is 24.3. The maximum atomic E-state index is 11.1. The van der Waals surface area contributed by atoms with Crippen molar-refractivity contribution in [3.63, 3.8) is 0 Å². The molecular formula is C32H39NO5S. The summed E-state index contributed by atoms with van der Waals surface area (Å²) in [5, 5.41) is 11.4. The van der Waals surface area contributed by atoms with Gasteiger partial charge >= 0.3 is 5.97 Å². The fourth-order valence-corrected chi connectivity index (χ4v) is 6.52. The Bertz CT molecular complexity index is 1330. The summed E-state index contributed by atoms with van der Waals surface area (Å²) in [4.78, 5) is 11.1. The second-order valence-corrected chi connectivity index (χ2v) is 12.5. The second kappa shape index (κ2) is 13.2. The van der Waals surface area contributed by atoms with Gasteiger partial charge in [0.1, 0.15) is 23.9 Å². The van der Waals surface area contributed by atoms with Crippen LogP contribution in [0.25, 0.3) is 11.1 Å². The van der Waals surface area contributed by atoms with Crippen molar-refractivity contribution in [3.8, 4) is 28.4 Å². The van der Waals surface area contributed by atoms with Gasteiger partial charge in [0.25, 0.3) is 0 Å². The van der Waals surface area contributed by atoms with Crippen molar-refractivity contribution in [1.82, 2.24) is 4.31 Å². The molecule has 3 aromatic carbocycles. The summed E-state index contributed by atoms with van der Waals surface area (Å²) < 4.78 is 20.2. The summed E-state index contributed by atoms with van der Waals surface area (Å²) in [6.07, 6.45) is 1.09. The molecule has 1 N–H and O–H groups in total. The van der Waals surface area contributed by atoms with Gasteiger partial charge in [-0.3, -0.25) is 9.10 Å². The lowest BCUT2D eigenvalue weighted by molar-refractivity contribution is -0.137. The van der Waals surface area contributed by atoms with Crippen LogP contribution in [0.2, 0.25) is 0 Å². The number of benzene rings is 3. The molecule has 0 amide bonds. The number of aliphatic carboxylic acids is 1. The Kier molecular flexibility index (Phi) is 9.70.